The molecular weight excluding hydrogens is 564 g/mol. The predicted octanol–water partition coefficient (Wildman–Crippen LogP) is 11.2. The Labute approximate surface area is 277 Å². The molecule has 0 heterocycles. The minimum absolute atomic E-state index is 0.0295. The molecule has 0 N–H and O–H groups in total. The van der Waals surface area contributed by atoms with Gasteiger partial charge in [-0.2, -0.15) is 0 Å². The highest BCUT2D eigenvalue weighted by Gasteiger charge is 2.21. The van der Waals surface area contributed by atoms with Gasteiger partial charge in [0, 0.05) is 13.3 Å². The van der Waals surface area contributed by atoms with E-state index in [9.17, 15) is 14.4 Å². The Balaban J connectivity index is 3.84. The lowest BCUT2D eigenvalue weighted by Gasteiger charge is -2.16. The fraction of sp³-hybridized carbons (Fsp3) is 0.821. The van der Waals surface area contributed by atoms with Crippen molar-refractivity contribution < 1.29 is 28.6 Å². The van der Waals surface area contributed by atoms with Gasteiger partial charge in [-0.15, -0.1) is 0 Å². The van der Waals surface area contributed by atoms with Crippen molar-refractivity contribution >= 4 is 17.9 Å². The summed E-state index contributed by atoms with van der Waals surface area (Å²) in [4.78, 5) is 35.9. The Morgan fingerprint density at radius 3 is 1.58 bits per heavy atom. The lowest BCUT2D eigenvalue weighted by Crippen LogP contribution is -2.25. The lowest BCUT2D eigenvalue weighted by atomic mass is 10.0. The zero-order valence-electron chi connectivity index (χ0n) is 29.6. The summed E-state index contributed by atoms with van der Waals surface area (Å²) in [5.74, 6) is -1.50. The first-order valence-corrected chi connectivity index (χ1v) is 18.8. The van der Waals surface area contributed by atoms with Crippen molar-refractivity contribution in [1.82, 2.24) is 0 Å². The van der Waals surface area contributed by atoms with Crippen LogP contribution in [0.4, 0.5) is 0 Å². The maximum atomic E-state index is 12.6. The van der Waals surface area contributed by atoms with Gasteiger partial charge < -0.3 is 14.2 Å². The Hall–Kier alpha value is -2.11. The molecule has 0 amide bonds. The summed E-state index contributed by atoms with van der Waals surface area (Å²) in [5, 5.41) is 0. The van der Waals surface area contributed by atoms with Crippen LogP contribution in [-0.4, -0.2) is 37.7 Å². The molecule has 262 valence electrons. The smallest absolute Gasteiger partial charge is 0.312 e. The third-order valence-electron chi connectivity index (χ3n) is 8.15. The van der Waals surface area contributed by atoms with Crippen LogP contribution in [0.5, 0.6) is 0 Å². The van der Waals surface area contributed by atoms with Gasteiger partial charge in [0.2, 0.25) is 0 Å². The van der Waals surface area contributed by atoms with Crippen LogP contribution in [0.1, 0.15) is 181 Å². The zero-order chi connectivity index (χ0) is 33.1. The third-order valence-corrected chi connectivity index (χ3v) is 8.15. The van der Waals surface area contributed by atoms with Crippen molar-refractivity contribution in [1.29, 1.82) is 0 Å². The maximum absolute atomic E-state index is 12.6. The first-order valence-electron chi connectivity index (χ1n) is 18.8. The van der Waals surface area contributed by atoms with E-state index < -0.39 is 11.9 Å². The summed E-state index contributed by atoms with van der Waals surface area (Å²) in [7, 11) is 0. The van der Waals surface area contributed by atoms with Crippen LogP contribution < -0.4 is 0 Å². The Kier molecular flexibility index (Phi) is 33.1. The molecule has 45 heavy (non-hydrogen) atoms. The van der Waals surface area contributed by atoms with Crippen LogP contribution in [0.3, 0.4) is 0 Å². The van der Waals surface area contributed by atoms with Crippen LogP contribution in [0, 0.1) is 5.92 Å². The summed E-state index contributed by atoms with van der Waals surface area (Å²) in [6, 6.07) is 0. The minimum Gasteiger partial charge on any atom is -0.465 e. The van der Waals surface area contributed by atoms with Crippen molar-refractivity contribution in [3.63, 3.8) is 0 Å². The van der Waals surface area contributed by atoms with Crippen molar-refractivity contribution in [3.8, 4) is 0 Å². The van der Waals surface area contributed by atoms with E-state index in [0.29, 0.717) is 12.8 Å². The molecule has 0 saturated carbocycles. The number of hydrogen-bond acceptors (Lipinski definition) is 6. The molecule has 0 aromatic carbocycles. The molecule has 0 fully saturated rings. The van der Waals surface area contributed by atoms with Gasteiger partial charge in [0.1, 0.15) is 19.8 Å². The van der Waals surface area contributed by atoms with E-state index in [-0.39, 0.29) is 31.8 Å². The average Bonchev–Trinajstić information content (AvgIpc) is 3.02. The SMILES string of the molecule is CCCCC/C=C/C/C=C/CCCCCCCC(=O)OCCOC(=O)C(CCCCCCCCCCCCCC)COC(C)=O. The number of ether oxygens (including phenoxy) is 3. The van der Waals surface area contributed by atoms with E-state index in [2.05, 4.69) is 38.2 Å². The van der Waals surface area contributed by atoms with Gasteiger partial charge in [-0.1, -0.05) is 147 Å². The number of esters is 3. The molecule has 0 aliphatic rings. The highest BCUT2D eigenvalue weighted by Crippen LogP contribution is 2.16. The van der Waals surface area contributed by atoms with E-state index in [1.165, 1.54) is 103 Å². The molecule has 0 aromatic rings. The molecule has 1 unspecified atom stereocenters. The molecule has 1 atom stereocenters. The summed E-state index contributed by atoms with van der Waals surface area (Å²) in [6.45, 7) is 5.96. The van der Waals surface area contributed by atoms with Gasteiger partial charge in [0.15, 0.2) is 0 Å². The lowest BCUT2D eigenvalue weighted by molar-refractivity contribution is -0.159. The zero-order valence-corrected chi connectivity index (χ0v) is 29.6. The van der Waals surface area contributed by atoms with E-state index in [0.717, 1.165) is 51.4 Å². The van der Waals surface area contributed by atoms with E-state index in [1.807, 2.05) is 0 Å². The average molecular weight is 635 g/mol. The first kappa shape index (κ1) is 42.9. The first-order chi connectivity index (χ1) is 22.0. The molecule has 0 bridgehead atoms. The van der Waals surface area contributed by atoms with Crippen molar-refractivity contribution in [2.75, 3.05) is 19.8 Å². The third kappa shape index (κ3) is 33.1. The van der Waals surface area contributed by atoms with Crippen LogP contribution >= 0.6 is 0 Å². The molecule has 0 aliphatic carbocycles. The Morgan fingerprint density at radius 1 is 0.533 bits per heavy atom. The number of carbonyl (C=O) groups is 3. The maximum Gasteiger partial charge on any atom is 0.312 e. The predicted molar refractivity (Wildman–Crippen MR) is 187 cm³/mol. The molecule has 0 aromatic heterocycles. The molecule has 0 aliphatic heterocycles. The topological polar surface area (TPSA) is 78.9 Å². The number of unbranched alkanes of at least 4 members (excludes halogenated alkanes) is 19. The Bertz CT molecular complexity index is 744. The quantitative estimate of drug-likeness (QED) is 0.0309. The van der Waals surface area contributed by atoms with Crippen molar-refractivity contribution in [2.45, 2.75) is 181 Å². The molecule has 0 saturated heterocycles. The summed E-state index contributed by atoms with van der Waals surface area (Å²) < 4.78 is 15.7. The monoisotopic (exact) mass is 635 g/mol. The number of rotatable bonds is 33. The molecule has 6 nitrogen and oxygen atoms in total. The highest BCUT2D eigenvalue weighted by atomic mass is 16.6. The van der Waals surface area contributed by atoms with Gasteiger partial charge in [-0.3, -0.25) is 14.4 Å². The second-order valence-electron chi connectivity index (χ2n) is 12.5. The fourth-order valence-electron chi connectivity index (χ4n) is 5.29. The Morgan fingerprint density at radius 2 is 1.00 bits per heavy atom. The standard InChI is InChI=1S/C39H70O6/c1-4-6-8-10-12-14-16-18-19-20-22-24-26-28-30-32-38(41)43-33-34-44-39(42)37(35-45-36(3)40)31-29-27-25-23-21-17-15-13-11-9-7-5-2/h12,14,18-19,37H,4-11,13,15-17,20-35H2,1-3H3/b14-12+,19-18+. The van der Waals surface area contributed by atoms with Crippen LogP contribution in [-0.2, 0) is 28.6 Å². The van der Waals surface area contributed by atoms with E-state index in [4.69, 9.17) is 14.2 Å². The van der Waals surface area contributed by atoms with E-state index in [1.54, 1.807) is 0 Å². The summed E-state index contributed by atoms with van der Waals surface area (Å²) in [5.41, 5.74) is 0. The van der Waals surface area contributed by atoms with Gasteiger partial charge >= 0.3 is 17.9 Å². The molecule has 0 rings (SSSR count). The second-order valence-corrected chi connectivity index (χ2v) is 12.5. The highest BCUT2D eigenvalue weighted by molar-refractivity contribution is 5.73. The molecule has 0 spiro atoms. The summed E-state index contributed by atoms with van der Waals surface area (Å²) >= 11 is 0. The van der Waals surface area contributed by atoms with Crippen LogP contribution in [0.15, 0.2) is 24.3 Å². The van der Waals surface area contributed by atoms with Gasteiger partial charge in [-0.25, -0.2) is 0 Å². The molecule has 0 radical (unpaired) electrons. The molecular formula is C39H70O6. The minimum atomic E-state index is -0.472. The van der Waals surface area contributed by atoms with Gasteiger partial charge in [-0.05, 0) is 44.9 Å². The molecule has 6 heteroatoms. The largest absolute Gasteiger partial charge is 0.465 e. The normalized spacial score (nSPS) is 12.2. The van der Waals surface area contributed by atoms with E-state index >= 15 is 0 Å². The number of allylic oxidation sites excluding steroid dienone is 4. The van der Waals surface area contributed by atoms with Gasteiger partial charge in [0.05, 0.1) is 5.92 Å². The number of hydrogen-bond donors (Lipinski definition) is 0. The van der Waals surface area contributed by atoms with Crippen molar-refractivity contribution in [3.05, 3.63) is 24.3 Å². The fourth-order valence-corrected chi connectivity index (χ4v) is 5.29. The summed E-state index contributed by atoms with van der Waals surface area (Å²) in [6.07, 6.45) is 37.7. The second kappa shape index (κ2) is 34.8. The van der Waals surface area contributed by atoms with Crippen molar-refractivity contribution in [2.24, 2.45) is 5.92 Å². The van der Waals surface area contributed by atoms with Gasteiger partial charge in [0.25, 0.3) is 0 Å². The van der Waals surface area contributed by atoms with Crippen LogP contribution in [0.25, 0.3) is 0 Å². The number of carbonyl (C=O) groups excluding carboxylic acids is 3. The van der Waals surface area contributed by atoms with Crippen LogP contribution in [0.2, 0.25) is 0 Å².